The van der Waals surface area contributed by atoms with Crippen LogP contribution in [0.5, 0.6) is 0 Å². The van der Waals surface area contributed by atoms with Crippen molar-refractivity contribution < 1.29 is 0 Å². The molecule has 18 heavy (non-hydrogen) atoms. The van der Waals surface area contributed by atoms with Gasteiger partial charge in [-0.15, -0.1) is 0 Å². The standard InChI is InChI=1S/C14H24N4/c1-3-10-18(11-13-6-4-5-8-16-13)14-7-9-15-12(2)17-14/h7,9,13,16H,3-6,8,10-11H2,1-2H3. The van der Waals surface area contributed by atoms with E-state index < -0.39 is 0 Å². The van der Waals surface area contributed by atoms with Gasteiger partial charge in [0.25, 0.3) is 0 Å². The third-order valence-corrected chi connectivity index (χ3v) is 3.43. The second-order valence-corrected chi connectivity index (χ2v) is 5.05. The van der Waals surface area contributed by atoms with Crippen LogP contribution < -0.4 is 10.2 Å². The Morgan fingerprint density at radius 3 is 3.00 bits per heavy atom. The maximum atomic E-state index is 4.54. The third kappa shape index (κ3) is 3.67. The lowest BCUT2D eigenvalue weighted by Gasteiger charge is -2.31. The molecule has 1 aromatic heterocycles. The number of hydrogen-bond donors (Lipinski definition) is 1. The molecule has 4 nitrogen and oxygen atoms in total. The van der Waals surface area contributed by atoms with Crippen LogP contribution in [-0.2, 0) is 0 Å². The average Bonchev–Trinajstić information content (AvgIpc) is 2.39. The van der Waals surface area contributed by atoms with Gasteiger partial charge in [-0.05, 0) is 38.8 Å². The Hall–Kier alpha value is -1.16. The smallest absolute Gasteiger partial charge is 0.132 e. The highest BCUT2D eigenvalue weighted by molar-refractivity contribution is 5.37. The van der Waals surface area contributed by atoms with E-state index in [1.807, 2.05) is 19.2 Å². The number of aryl methyl sites for hydroxylation is 1. The maximum absolute atomic E-state index is 4.54. The first kappa shape index (κ1) is 13.3. The maximum Gasteiger partial charge on any atom is 0.132 e. The largest absolute Gasteiger partial charge is 0.355 e. The van der Waals surface area contributed by atoms with Crippen LogP contribution in [0.4, 0.5) is 5.82 Å². The van der Waals surface area contributed by atoms with E-state index in [1.54, 1.807) is 0 Å². The van der Waals surface area contributed by atoms with Crippen molar-refractivity contribution in [2.45, 2.75) is 45.6 Å². The van der Waals surface area contributed by atoms with E-state index in [9.17, 15) is 0 Å². The van der Waals surface area contributed by atoms with Gasteiger partial charge in [0, 0.05) is 25.3 Å². The van der Waals surface area contributed by atoms with Crippen molar-refractivity contribution in [3.63, 3.8) is 0 Å². The quantitative estimate of drug-likeness (QED) is 0.867. The summed E-state index contributed by atoms with van der Waals surface area (Å²) in [6, 6.07) is 2.63. The second-order valence-electron chi connectivity index (χ2n) is 5.05. The summed E-state index contributed by atoms with van der Waals surface area (Å²) in [4.78, 5) is 11.1. The first-order chi connectivity index (χ1) is 8.79. The van der Waals surface area contributed by atoms with Crippen LogP contribution in [-0.4, -0.2) is 35.6 Å². The van der Waals surface area contributed by atoms with Crippen LogP contribution in [0.15, 0.2) is 12.3 Å². The summed E-state index contributed by atoms with van der Waals surface area (Å²) in [5.74, 6) is 1.92. The molecule has 1 saturated heterocycles. The molecule has 1 aliphatic rings. The molecule has 1 aromatic rings. The first-order valence-corrected chi connectivity index (χ1v) is 7.07. The Morgan fingerprint density at radius 2 is 2.33 bits per heavy atom. The minimum Gasteiger partial charge on any atom is -0.355 e. The molecule has 0 aromatic carbocycles. The zero-order valence-corrected chi connectivity index (χ0v) is 11.5. The number of piperidine rings is 1. The zero-order valence-electron chi connectivity index (χ0n) is 11.5. The molecule has 0 amide bonds. The minimum absolute atomic E-state index is 0.612. The summed E-state index contributed by atoms with van der Waals surface area (Å²) in [6.45, 7) is 7.45. The molecule has 1 unspecified atom stereocenters. The molecular weight excluding hydrogens is 224 g/mol. The average molecular weight is 248 g/mol. The molecule has 4 heteroatoms. The normalized spacial score (nSPS) is 19.8. The van der Waals surface area contributed by atoms with Gasteiger partial charge in [0.05, 0.1) is 0 Å². The Bertz CT molecular complexity index is 361. The molecule has 2 rings (SSSR count). The lowest BCUT2D eigenvalue weighted by atomic mass is 10.0. The van der Waals surface area contributed by atoms with Gasteiger partial charge in [-0.3, -0.25) is 0 Å². The number of hydrogen-bond acceptors (Lipinski definition) is 4. The predicted octanol–water partition coefficient (Wildman–Crippen LogP) is 2.14. The fourth-order valence-corrected chi connectivity index (χ4v) is 2.53. The molecule has 0 radical (unpaired) electrons. The number of aromatic nitrogens is 2. The molecule has 2 heterocycles. The van der Waals surface area contributed by atoms with Crippen LogP contribution in [0, 0.1) is 6.92 Å². The molecule has 0 bridgehead atoms. The van der Waals surface area contributed by atoms with Crippen LogP contribution in [0.1, 0.15) is 38.4 Å². The van der Waals surface area contributed by atoms with Crippen molar-refractivity contribution in [1.82, 2.24) is 15.3 Å². The number of nitrogens with zero attached hydrogens (tertiary/aromatic N) is 3. The summed E-state index contributed by atoms with van der Waals surface area (Å²) in [6.07, 6.45) is 6.95. The minimum atomic E-state index is 0.612. The van der Waals surface area contributed by atoms with Crippen molar-refractivity contribution >= 4 is 5.82 Å². The highest BCUT2D eigenvalue weighted by Gasteiger charge is 2.17. The van der Waals surface area contributed by atoms with Gasteiger partial charge >= 0.3 is 0 Å². The van der Waals surface area contributed by atoms with Gasteiger partial charge in [0.1, 0.15) is 11.6 Å². The molecule has 1 N–H and O–H groups in total. The number of nitrogens with one attached hydrogen (secondary N) is 1. The van der Waals surface area contributed by atoms with Gasteiger partial charge in [-0.1, -0.05) is 13.3 Å². The Balaban J connectivity index is 2.02. The molecule has 0 aliphatic carbocycles. The Kier molecular flexibility index (Phi) is 4.93. The summed E-state index contributed by atoms with van der Waals surface area (Å²) in [7, 11) is 0. The third-order valence-electron chi connectivity index (χ3n) is 3.43. The fraction of sp³-hybridized carbons (Fsp3) is 0.714. The van der Waals surface area contributed by atoms with E-state index in [4.69, 9.17) is 0 Å². The van der Waals surface area contributed by atoms with E-state index in [-0.39, 0.29) is 0 Å². The molecule has 0 spiro atoms. The van der Waals surface area contributed by atoms with Gasteiger partial charge in [0.2, 0.25) is 0 Å². The van der Waals surface area contributed by atoms with Crippen LogP contribution in [0.25, 0.3) is 0 Å². The van der Waals surface area contributed by atoms with E-state index in [1.165, 1.54) is 19.3 Å². The van der Waals surface area contributed by atoms with Gasteiger partial charge < -0.3 is 10.2 Å². The second kappa shape index (κ2) is 6.69. The van der Waals surface area contributed by atoms with Crippen molar-refractivity contribution in [2.24, 2.45) is 0 Å². The highest BCUT2D eigenvalue weighted by Crippen LogP contribution is 2.14. The fourth-order valence-electron chi connectivity index (χ4n) is 2.53. The van der Waals surface area contributed by atoms with Crippen LogP contribution >= 0.6 is 0 Å². The lowest BCUT2D eigenvalue weighted by molar-refractivity contribution is 0.398. The van der Waals surface area contributed by atoms with E-state index in [2.05, 4.69) is 27.1 Å². The predicted molar refractivity (Wildman–Crippen MR) is 74.9 cm³/mol. The van der Waals surface area contributed by atoms with Crippen molar-refractivity contribution in [3.05, 3.63) is 18.1 Å². The Labute approximate surface area is 110 Å². The molecule has 1 aliphatic heterocycles. The summed E-state index contributed by atoms with van der Waals surface area (Å²) in [5.41, 5.74) is 0. The van der Waals surface area contributed by atoms with Crippen molar-refractivity contribution in [3.8, 4) is 0 Å². The van der Waals surface area contributed by atoms with Gasteiger partial charge in [-0.25, -0.2) is 9.97 Å². The van der Waals surface area contributed by atoms with E-state index in [0.29, 0.717) is 6.04 Å². The van der Waals surface area contributed by atoms with Gasteiger partial charge in [-0.2, -0.15) is 0 Å². The molecule has 100 valence electrons. The Morgan fingerprint density at radius 1 is 1.44 bits per heavy atom. The molecular formula is C14H24N4. The zero-order chi connectivity index (χ0) is 12.8. The number of rotatable bonds is 5. The molecule has 1 atom stereocenters. The topological polar surface area (TPSA) is 41.0 Å². The van der Waals surface area contributed by atoms with Gasteiger partial charge in [0.15, 0.2) is 0 Å². The SMILES string of the molecule is CCCN(CC1CCCCN1)c1ccnc(C)n1. The highest BCUT2D eigenvalue weighted by atomic mass is 15.2. The summed E-state index contributed by atoms with van der Waals surface area (Å²) >= 11 is 0. The van der Waals surface area contributed by atoms with Crippen LogP contribution in [0.2, 0.25) is 0 Å². The lowest BCUT2D eigenvalue weighted by Crippen LogP contribution is -2.44. The molecule has 1 fully saturated rings. The monoisotopic (exact) mass is 248 g/mol. The van der Waals surface area contributed by atoms with Crippen LogP contribution in [0.3, 0.4) is 0 Å². The van der Waals surface area contributed by atoms with E-state index in [0.717, 1.165) is 37.7 Å². The first-order valence-electron chi connectivity index (χ1n) is 7.07. The summed E-state index contributed by atoms with van der Waals surface area (Å²) in [5, 5.41) is 3.61. The van der Waals surface area contributed by atoms with Crippen molar-refractivity contribution in [1.29, 1.82) is 0 Å². The molecule has 0 saturated carbocycles. The summed E-state index contributed by atoms with van der Waals surface area (Å²) < 4.78 is 0. The van der Waals surface area contributed by atoms with E-state index >= 15 is 0 Å². The van der Waals surface area contributed by atoms with Crippen molar-refractivity contribution in [2.75, 3.05) is 24.5 Å². The number of anilines is 1.